The van der Waals surface area contributed by atoms with Gasteiger partial charge in [0.1, 0.15) is 17.2 Å². The fraction of sp³-hybridized carbons (Fsp3) is 0.286. The van der Waals surface area contributed by atoms with Crippen LogP contribution in [0.15, 0.2) is 40.0 Å². The molecule has 2 aromatic heterocycles. The molecule has 1 amide bonds. The van der Waals surface area contributed by atoms with E-state index in [1.54, 1.807) is 18.3 Å². The Hall–Kier alpha value is -2.30. The molecule has 2 heterocycles. The van der Waals surface area contributed by atoms with E-state index in [1.165, 1.54) is 12.6 Å². The predicted molar refractivity (Wildman–Crippen MR) is 71.1 cm³/mol. The summed E-state index contributed by atoms with van der Waals surface area (Å²) in [5.41, 5.74) is 2.91. The average Bonchev–Trinajstić information content (AvgIpc) is 2.90. The van der Waals surface area contributed by atoms with Gasteiger partial charge in [-0.15, -0.1) is 0 Å². The zero-order chi connectivity index (χ0) is 13.2. The van der Waals surface area contributed by atoms with Gasteiger partial charge in [0.15, 0.2) is 0 Å². The fourth-order valence-electron chi connectivity index (χ4n) is 2.04. The number of hydrogen-bond acceptors (Lipinski definition) is 3. The summed E-state index contributed by atoms with van der Waals surface area (Å²) in [5.74, 6) is 2.65. The Morgan fingerprint density at radius 1 is 1.53 bits per heavy atom. The molecular weight excluding hydrogens is 242 g/mol. The van der Waals surface area contributed by atoms with Crippen LogP contribution >= 0.6 is 0 Å². The highest BCUT2D eigenvalue weighted by Crippen LogP contribution is 2.47. The quantitative estimate of drug-likeness (QED) is 0.652. The molecule has 0 saturated heterocycles. The molecule has 5 heteroatoms. The highest BCUT2D eigenvalue weighted by Gasteiger charge is 2.36. The summed E-state index contributed by atoms with van der Waals surface area (Å²) in [6, 6.07) is 7.28. The minimum Gasteiger partial charge on any atom is -0.460 e. The smallest absolute Gasteiger partial charge is 0.287 e. The Morgan fingerprint density at radius 2 is 2.37 bits per heavy atom. The molecule has 0 unspecified atom stereocenters. The van der Waals surface area contributed by atoms with Crippen LogP contribution in [0.5, 0.6) is 0 Å². The molecule has 0 aliphatic heterocycles. The lowest BCUT2D eigenvalue weighted by Crippen LogP contribution is -2.17. The molecule has 0 aromatic carbocycles. The van der Waals surface area contributed by atoms with Gasteiger partial charge in [-0.05, 0) is 36.6 Å². The Labute approximate surface area is 110 Å². The molecule has 3 rings (SSSR count). The van der Waals surface area contributed by atoms with Gasteiger partial charge >= 0.3 is 0 Å². The average molecular weight is 257 g/mol. The number of rotatable bonds is 4. The lowest BCUT2D eigenvalue weighted by Gasteiger charge is -1.95. The first-order valence-corrected chi connectivity index (χ1v) is 6.30. The third-order valence-corrected chi connectivity index (χ3v) is 3.32. The minimum absolute atomic E-state index is 0.274. The monoisotopic (exact) mass is 257 g/mol. The van der Waals surface area contributed by atoms with Crippen molar-refractivity contribution in [3.63, 3.8) is 0 Å². The van der Waals surface area contributed by atoms with Crippen LogP contribution in [0.2, 0.25) is 0 Å². The SMILES string of the molecule is C[C@H]1C[C@H]1c1ccc(/C=N\NC(=O)c2ccc[nH]2)o1. The lowest BCUT2D eigenvalue weighted by molar-refractivity contribution is 0.0951. The highest BCUT2D eigenvalue weighted by atomic mass is 16.3. The molecule has 0 bridgehead atoms. The van der Waals surface area contributed by atoms with Gasteiger partial charge in [0.25, 0.3) is 5.91 Å². The van der Waals surface area contributed by atoms with Gasteiger partial charge in [0.2, 0.25) is 0 Å². The van der Waals surface area contributed by atoms with Gasteiger partial charge in [-0.2, -0.15) is 5.10 Å². The predicted octanol–water partition coefficient (Wildman–Crippen LogP) is 2.50. The number of aromatic amines is 1. The Bertz CT molecular complexity index is 598. The number of furan rings is 1. The second kappa shape index (κ2) is 4.76. The Balaban J connectivity index is 1.57. The van der Waals surface area contributed by atoms with Gasteiger partial charge in [0.05, 0.1) is 6.21 Å². The lowest BCUT2D eigenvalue weighted by atomic mass is 10.3. The molecular formula is C14H15N3O2. The van der Waals surface area contributed by atoms with Crippen LogP contribution in [0.25, 0.3) is 0 Å². The van der Waals surface area contributed by atoms with Crippen LogP contribution in [0.4, 0.5) is 0 Å². The van der Waals surface area contributed by atoms with Crippen LogP contribution in [-0.2, 0) is 0 Å². The zero-order valence-corrected chi connectivity index (χ0v) is 10.6. The summed E-state index contributed by atoms with van der Waals surface area (Å²) in [4.78, 5) is 14.4. The van der Waals surface area contributed by atoms with Crippen molar-refractivity contribution in [3.05, 3.63) is 47.7 Å². The summed E-state index contributed by atoms with van der Waals surface area (Å²) in [7, 11) is 0. The number of hydrazone groups is 1. The van der Waals surface area contributed by atoms with Crippen molar-refractivity contribution in [1.82, 2.24) is 10.4 Å². The first-order chi connectivity index (χ1) is 9.24. The molecule has 1 saturated carbocycles. The molecule has 19 heavy (non-hydrogen) atoms. The molecule has 1 fully saturated rings. The molecule has 1 aliphatic rings. The third-order valence-electron chi connectivity index (χ3n) is 3.32. The maximum atomic E-state index is 11.6. The number of carbonyl (C=O) groups excluding carboxylic acids is 1. The van der Waals surface area contributed by atoms with E-state index in [4.69, 9.17) is 4.42 Å². The third kappa shape index (κ3) is 2.59. The molecule has 0 radical (unpaired) electrons. The number of nitrogens with zero attached hydrogens (tertiary/aromatic N) is 1. The summed E-state index contributed by atoms with van der Waals surface area (Å²) in [6.45, 7) is 2.21. The standard InChI is InChI=1S/C14H15N3O2/c1-9-7-11(9)13-5-4-10(19-13)8-16-17-14(18)12-3-2-6-15-12/h2-6,8-9,11,15H,7H2,1H3,(H,17,18)/b16-8-/t9-,11+/m0/s1. The van der Waals surface area contributed by atoms with E-state index >= 15 is 0 Å². The number of aromatic nitrogens is 1. The van der Waals surface area contributed by atoms with Crippen LogP contribution in [-0.4, -0.2) is 17.1 Å². The topological polar surface area (TPSA) is 70.4 Å². The Kier molecular flexibility index (Phi) is 2.95. The zero-order valence-electron chi connectivity index (χ0n) is 10.6. The van der Waals surface area contributed by atoms with E-state index < -0.39 is 0 Å². The summed E-state index contributed by atoms with van der Waals surface area (Å²) >= 11 is 0. The first-order valence-electron chi connectivity index (χ1n) is 6.30. The second-order valence-corrected chi connectivity index (χ2v) is 4.84. The van der Waals surface area contributed by atoms with Crippen molar-refractivity contribution in [1.29, 1.82) is 0 Å². The van der Waals surface area contributed by atoms with Crippen LogP contribution in [0, 0.1) is 5.92 Å². The normalized spacial score (nSPS) is 21.7. The summed E-state index contributed by atoms with van der Waals surface area (Å²) in [5, 5.41) is 3.87. The fourth-order valence-corrected chi connectivity index (χ4v) is 2.04. The summed E-state index contributed by atoms with van der Waals surface area (Å²) < 4.78 is 5.64. The van der Waals surface area contributed by atoms with Crippen LogP contribution < -0.4 is 5.43 Å². The van der Waals surface area contributed by atoms with Crippen LogP contribution in [0.1, 0.15) is 41.3 Å². The van der Waals surface area contributed by atoms with Crippen molar-refractivity contribution in [2.45, 2.75) is 19.3 Å². The number of nitrogens with one attached hydrogen (secondary N) is 2. The van der Waals surface area contributed by atoms with Crippen molar-refractivity contribution in [3.8, 4) is 0 Å². The molecule has 2 aromatic rings. The highest BCUT2D eigenvalue weighted by molar-refractivity contribution is 5.92. The van der Waals surface area contributed by atoms with Gasteiger partial charge in [-0.25, -0.2) is 5.43 Å². The van der Waals surface area contributed by atoms with Gasteiger partial charge in [0, 0.05) is 12.1 Å². The number of amides is 1. The van der Waals surface area contributed by atoms with Crippen molar-refractivity contribution in [2.75, 3.05) is 0 Å². The van der Waals surface area contributed by atoms with Crippen molar-refractivity contribution >= 4 is 12.1 Å². The number of H-pyrrole nitrogens is 1. The first kappa shape index (κ1) is 11.8. The van der Waals surface area contributed by atoms with Crippen LogP contribution in [0.3, 0.4) is 0 Å². The molecule has 2 N–H and O–H groups in total. The largest absolute Gasteiger partial charge is 0.460 e. The molecule has 0 spiro atoms. The number of hydrogen-bond donors (Lipinski definition) is 2. The maximum absolute atomic E-state index is 11.6. The van der Waals surface area contributed by atoms with E-state index in [0.717, 1.165) is 5.76 Å². The molecule has 5 nitrogen and oxygen atoms in total. The second-order valence-electron chi connectivity index (χ2n) is 4.84. The minimum atomic E-state index is -0.274. The van der Waals surface area contributed by atoms with Gasteiger partial charge < -0.3 is 9.40 Å². The molecule has 1 aliphatic carbocycles. The van der Waals surface area contributed by atoms with E-state index in [-0.39, 0.29) is 5.91 Å². The molecule has 2 atom stereocenters. The van der Waals surface area contributed by atoms with E-state index in [2.05, 4.69) is 22.4 Å². The van der Waals surface area contributed by atoms with Gasteiger partial charge in [-0.1, -0.05) is 6.92 Å². The maximum Gasteiger partial charge on any atom is 0.287 e. The Morgan fingerprint density at radius 3 is 3.05 bits per heavy atom. The van der Waals surface area contributed by atoms with E-state index in [0.29, 0.717) is 23.3 Å². The van der Waals surface area contributed by atoms with E-state index in [9.17, 15) is 4.79 Å². The molecule has 98 valence electrons. The van der Waals surface area contributed by atoms with Gasteiger partial charge in [-0.3, -0.25) is 4.79 Å². The van der Waals surface area contributed by atoms with Crippen molar-refractivity contribution in [2.24, 2.45) is 11.0 Å². The van der Waals surface area contributed by atoms with E-state index in [1.807, 2.05) is 12.1 Å². The summed E-state index contributed by atoms with van der Waals surface area (Å²) in [6.07, 6.45) is 4.39. The van der Waals surface area contributed by atoms with Crippen molar-refractivity contribution < 1.29 is 9.21 Å². The number of carbonyl (C=O) groups is 1.